The molecule has 0 fully saturated rings. The highest BCUT2D eigenvalue weighted by atomic mass is 79.9. The molecule has 0 unspecified atom stereocenters. The van der Waals surface area contributed by atoms with Gasteiger partial charge in [-0.15, -0.1) is 0 Å². The van der Waals surface area contributed by atoms with Crippen LogP contribution in [0, 0.1) is 23.0 Å². The van der Waals surface area contributed by atoms with Crippen molar-refractivity contribution in [1.29, 1.82) is 5.26 Å². The summed E-state index contributed by atoms with van der Waals surface area (Å²) in [6, 6.07) is 16.6. The van der Waals surface area contributed by atoms with Crippen molar-refractivity contribution < 1.29 is 23.0 Å². The van der Waals surface area contributed by atoms with Crippen LogP contribution in [0.3, 0.4) is 0 Å². The average molecular weight is 499 g/mol. The van der Waals surface area contributed by atoms with Gasteiger partial charge in [-0.3, -0.25) is 4.79 Å². The van der Waals surface area contributed by atoms with Crippen LogP contribution in [0.25, 0.3) is 11.6 Å². The van der Waals surface area contributed by atoms with Crippen LogP contribution in [0.1, 0.15) is 11.1 Å². The summed E-state index contributed by atoms with van der Waals surface area (Å²) in [6.45, 7) is -0.319. The van der Waals surface area contributed by atoms with E-state index in [1.165, 1.54) is 49.6 Å². The minimum absolute atomic E-state index is 0.143. The number of hydrogen-bond acceptors (Lipinski definition) is 4. The molecule has 5 nitrogen and oxygen atoms in total. The fraction of sp³-hybridized carbons (Fsp3) is 0.0833. The molecule has 1 N–H and O–H groups in total. The summed E-state index contributed by atoms with van der Waals surface area (Å²) >= 11 is 3.38. The summed E-state index contributed by atoms with van der Waals surface area (Å²) in [4.78, 5) is 12.2. The third-order valence-electron chi connectivity index (χ3n) is 4.32. The lowest BCUT2D eigenvalue weighted by atomic mass is 10.0. The lowest BCUT2D eigenvalue weighted by molar-refractivity contribution is -0.118. The molecule has 3 aromatic rings. The molecule has 0 aromatic heterocycles. The molecule has 0 aliphatic carbocycles. The van der Waals surface area contributed by atoms with E-state index in [1.807, 2.05) is 6.07 Å². The van der Waals surface area contributed by atoms with Gasteiger partial charge in [0.15, 0.2) is 18.1 Å². The number of nitrogens with one attached hydrogen (secondary N) is 1. The number of allylic oxidation sites excluding steroid dienone is 1. The zero-order chi connectivity index (χ0) is 23.1. The minimum Gasteiger partial charge on any atom is -0.493 e. The van der Waals surface area contributed by atoms with Crippen molar-refractivity contribution in [2.45, 2.75) is 0 Å². The number of nitrogens with zero attached hydrogens (tertiary/aromatic N) is 1. The number of methoxy groups -OCH3 is 1. The first-order chi connectivity index (χ1) is 15.4. The Morgan fingerprint density at radius 1 is 1.16 bits per heavy atom. The van der Waals surface area contributed by atoms with Crippen molar-refractivity contribution in [2.24, 2.45) is 0 Å². The molecule has 0 aliphatic heterocycles. The number of amides is 1. The van der Waals surface area contributed by atoms with E-state index in [4.69, 9.17) is 9.47 Å². The summed E-state index contributed by atoms with van der Waals surface area (Å²) in [5, 5.41) is 12.1. The first-order valence-corrected chi connectivity index (χ1v) is 10.1. The second-order valence-electron chi connectivity index (χ2n) is 6.53. The molecule has 0 bridgehead atoms. The van der Waals surface area contributed by atoms with E-state index >= 15 is 0 Å². The molecule has 0 heterocycles. The van der Waals surface area contributed by atoms with Gasteiger partial charge in [-0.25, -0.2) is 8.78 Å². The number of anilines is 1. The van der Waals surface area contributed by atoms with Gasteiger partial charge < -0.3 is 14.8 Å². The number of nitriles is 1. The largest absolute Gasteiger partial charge is 0.493 e. The molecule has 8 heteroatoms. The van der Waals surface area contributed by atoms with Gasteiger partial charge in [0.2, 0.25) is 0 Å². The summed E-state index contributed by atoms with van der Waals surface area (Å²) < 4.78 is 38.5. The molecule has 0 atom stereocenters. The summed E-state index contributed by atoms with van der Waals surface area (Å²) in [5.41, 5.74) is 1.33. The molecule has 0 radical (unpaired) electrons. The van der Waals surface area contributed by atoms with Crippen LogP contribution in [0.15, 0.2) is 65.1 Å². The average Bonchev–Trinajstić information content (AvgIpc) is 2.78. The monoisotopic (exact) mass is 498 g/mol. The molecule has 0 aliphatic rings. The normalized spacial score (nSPS) is 10.9. The van der Waals surface area contributed by atoms with Crippen LogP contribution in [0.5, 0.6) is 11.5 Å². The highest BCUT2D eigenvalue weighted by molar-refractivity contribution is 9.10. The van der Waals surface area contributed by atoms with Crippen molar-refractivity contribution in [2.75, 3.05) is 19.0 Å². The summed E-state index contributed by atoms with van der Waals surface area (Å²) in [6.07, 6.45) is 1.52. The Bertz CT molecular complexity index is 1200. The first-order valence-electron chi connectivity index (χ1n) is 9.33. The van der Waals surface area contributed by atoms with E-state index in [9.17, 15) is 18.8 Å². The fourth-order valence-electron chi connectivity index (χ4n) is 2.85. The maximum absolute atomic E-state index is 14.1. The Hall–Kier alpha value is -3.70. The van der Waals surface area contributed by atoms with Crippen LogP contribution in [-0.4, -0.2) is 19.6 Å². The van der Waals surface area contributed by atoms with Crippen molar-refractivity contribution >= 4 is 39.2 Å². The molecular formula is C24H17BrF2N2O3. The van der Waals surface area contributed by atoms with Crippen LogP contribution < -0.4 is 14.8 Å². The van der Waals surface area contributed by atoms with E-state index < -0.39 is 17.5 Å². The fourth-order valence-corrected chi connectivity index (χ4v) is 3.42. The molecule has 0 saturated heterocycles. The SMILES string of the molecule is COc1cc(C=C(C#N)c2ccccc2F)cc(Br)c1OCC(=O)Nc1ccc(F)cc1. The smallest absolute Gasteiger partial charge is 0.262 e. The van der Waals surface area contributed by atoms with Gasteiger partial charge in [0.05, 0.1) is 23.2 Å². The molecule has 1 amide bonds. The van der Waals surface area contributed by atoms with Crippen LogP contribution in [0.2, 0.25) is 0 Å². The zero-order valence-corrected chi connectivity index (χ0v) is 18.4. The van der Waals surface area contributed by atoms with Crippen molar-refractivity contribution in [3.05, 3.63) is 87.9 Å². The summed E-state index contributed by atoms with van der Waals surface area (Å²) in [7, 11) is 1.43. The highest BCUT2D eigenvalue weighted by Crippen LogP contribution is 2.37. The van der Waals surface area contributed by atoms with Gasteiger partial charge in [-0.1, -0.05) is 18.2 Å². The van der Waals surface area contributed by atoms with Crippen molar-refractivity contribution in [1.82, 2.24) is 0 Å². The maximum atomic E-state index is 14.1. The zero-order valence-electron chi connectivity index (χ0n) is 16.9. The number of ether oxygens (including phenoxy) is 2. The van der Waals surface area contributed by atoms with Gasteiger partial charge in [0, 0.05) is 11.3 Å². The van der Waals surface area contributed by atoms with Gasteiger partial charge in [0.25, 0.3) is 5.91 Å². The van der Waals surface area contributed by atoms with Crippen molar-refractivity contribution in [3.63, 3.8) is 0 Å². The lowest BCUT2D eigenvalue weighted by Gasteiger charge is -2.14. The van der Waals surface area contributed by atoms with Crippen molar-refractivity contribution in [3.8, 4) is 17.6 Å². The number of rotatable bonds is 7. The van der Waals surface area contributed by atoms with Gasteiger partial charge in [0.1, 0.15) is 11.6 Å². The Morgan fingerprint density at radius 2 is 1.88 bits per heavy atom. The number of benzene rings is 3. The highest BCUT2D eigenvalue weighted by Gasteiger charge is 2.15. The molecule has 32 heavy (non-hydrogen) atoms. The van der Waals surface area contributed by atoms with Gasteiger partial charge in [-0.2, -0.15) is 5.26 Å². The molecule has 0 spiro atoms. The number of carbonyl (C=O) groups is 1. The van der Waals surface area contributed by atoms with Gasteiger partial charge >= 0.3 is 0 Å². The Balaban J connectivity index is 1.79. The first kappa shape index (κ1) is 23.0. The second kappa shape index (κ2) is 10.6. The molecular weight excluding hydrogens is 482 g/mol. The van der Waals surface area contributed by atoms with E-state index in [0.717, 1.165) is 0 Å². The number of halogens is 3. The standard InChI is InChI=1S/C24H17BrF2N2O3/c1-31-22-12-15(10-16(13-28)19-4-2-3-5-21(19)27)11-20(25)24(22)32-14-23(30)29-18-8-6-17(26)7-9-18/h2-12H,14H2,1H3,(H,29,30). The van der Waals surface area contributed by atoms with E-state index in [0.29, 0.717) is 21.5 Å². The lowest BCUT2D eigenvalue weighted by Crippen LogP contribution is -2.20. The Labute approximate surface area is 192 Å². The van der Waals surface area contributed by atoms with Crippen LogP contribution >= 0.6 is 15.9 Å². The Morgan fingerprint density at radius 3 is 2.53 bits per heavy atom. The minimum atomic E-state index is -0.501. The third kappa shape index (κ3) is 5.71. The quantitative estimate of drug-likeness (QED) is 0.329. The topological polar surface area (TPSA) is 71.3 Å². The van der Waals surface area contributed by atoms with Crippen LogP contribution in [0.4, 0.5) is 14.5 Å². The molecule has 3 aromatic carbocycles. The van der Waals surface area contributed by atoms with Crippen LogP contribution in [-0.2, 0) is 4.79 Å². The Kier molecular flexibility index (Phi) is 7.58. The maximum Gasteiger partial charge on any atom is 0.262 e. The van der Waals surface area contributed by atoms with Gasteiger partial charge in [-0.05, 0) is 70.0 Å². The summed E-state index contributed by atoms with van der Waals surface area (Å²) in [5.74, 6) is -0.759. The molecule has 3 rings (SSSR count). The third-order valence-corrected chi connectivity index (χ3v) is 4.91. The second-order valence-corrected chi connectivity index (χ2v) is 7.38. The molecule has 162 valence electrons. The molecule has 0 saturated carbocycles. The van der Waals surface area contributed by atoms with E-state index in [2.05, 4.69) is 21.2 Å². The predicted octanol–water partition coefficient (Wildman–Crippen LogP) is 5.82. The van der Waals surface area contributed by atoms with E-state index in [-0.39, 0.29) is 23.5 Å². The number of hydrogen-bond donors (Lipinski definition) is 1. The predicted molar refractivity (Wildman–Crippen MR) is 121 cm³/mol. The van der Waals surface area contributed by atoms with E-state index in [1.54, 1.807) is 24.3 Å². The number of carbonyl (C=O) groups excluding carboxylic acids is 1.